The number of benzene rings is 1. The van der Waals surface area contributed by atoms with E-state index in [1.807, 2.05) is 32.0 Å². The molecule has 3 aromatic rings. The number of aromatic nitrogens is 4. The minimum absolute atomic E-state index is 0.157. The number of aromatic amines is 1. The van der Waals surface area contributed by atoms with Crippen LogP contribution in [0.25, 0.3) is 5.78 Å². The molecule has 3 rings (SSSR count). The van der Waals surface area contributed by atoms with Gasteiger partial charge in [0.2, 0.25) is 0 Å². The van der Waals surface area contributed by atoms with Crippen LogP contribution in [0.1, 0.15) is 24.6 Å². The number of para-hydroxylation sites is 1. The Hall–Kier alpha value is -3.16. The zero-order chi connectivity index (χ0) is 17.1. The van der Waals surface area contributed by atoms with E-state index < -0.39 is 6.03 Å². The van der Waals surface area contributed by atoms with E-state index in [1.165, 1.54) is 10.8 Å². The van der Waals surface area contributed by atoms with E-state index in [-0.39, 0.29) is 17.0 Å². The number of nitrogens with zero attached hydrogens (tertiary/aromatic N) is 3. The molecule has 2 aromatic heterocycles. The number of anilines is 2. The molecule has 0 bridgehead atoms. The van der Waals surface area contributed by atoms with Gasteiger partial charge in [-0.15, -0.1) is 0 Å². The molecule has 0 atom stereocenters. The van der Waals surface area contributed by atoms with E-state index in [4.69, 9.17) is 0 Å². The van der Waals surface area contributed by atoms with Crippen molar-refractivity contribution in [2.75, 3.05) is 10.6 Å². The molecule has 0 aliphatic heterocycles. The first-order chi connectivity index (χ1) is 11.6. The number of urea groups is 1. The van der Waals surface area contributed by atoms with Crippen molar-refractivity contribution < 1.29 is 4.79 Å². The van der Waals surface area contributed by atoms with E-state index >= 15 is 0 Å². The van der Waals surface area contributed by atoms with Crippen molar-refractivity contribution in [3.8, 4) is 0 Å². The summed E-state index contributed by atoms with van der Waals surface area (Å²) in [4.78, 5) is 33.2. The van der Waals surface area contributed by atoms with Gasteiger partial charge in [0.1, 0.15) is 12.0 Å². The van der Waals surface area contributed by atoms with Crippen LogP contribution in [0.3, 0.4) is 0 Å². The summed E-state index contributed by atoms with van der Waals surface area (Å²) >= 11 is 0. The number of H-pyrrole nitrogens is 1. The highest BCUT2D eigenvalue weighted by Crippen LogP contribution is 2.15. The number of aryl methyl sites for hydroxylation is 2. The lowest BCUT2D eigenvalue weighted by Gasteiger charge is -2.11. The Bertz CT molecular complexity index is 943. The summed E-state index contributed by atoms with van der Waals surface area (Å²) in [5.41, 5.74) is 1.91. The summed E-state index contributed by atoms with van der Waals surface area (Å²) in [5.74, 6) is 0.285. The first kappa shape index (κ1) is 15.7. The lowest BCUT2D eigenvalue weighted by molar-refractivity contribution is 0.262. The third kappa shape index (κ3) is 2.98. The summed E-state index contributed by atoms with van der Waals surface area (Å²) in [5, 5.41) is 8.06. The first-order valence-electron chi connectivity index (χ1n) is 7.68. The average molecular weight is 326 g/mol. The first-order valence-corrected chi connectivity index (χ1v) is 7.68. The predicted octanol–water partition coefficient (Wildman–Crippen LogP) is 2.32. The van der Waals surface area contributed by atoms with Crippen LogP contribution in [0.15, 0.2) is 35.4 Å². The molecule has 2 heterocycles. The molecule has 1 aromatic carbocycles. The summed E-state index contributed by atoms with van der Waals surface area (Å²) in [6.45, 7) is 3.87. The number of fused-ring (bicyclic) bond motifs is 1. The molecular weight excluding hydrogens is 308 g/mol. The monoisotopic (exact) mass is 326 g/mol. The number of hydrogen-bond acceptors (Lipinski definition) is 4. The topological polar surface area (TPSA) is 104 Å². The smallest absolute Gasteiger partial charge is 0.307 e. The summed E-state index contributed by atoms with van der Waals surface area (Å²) < 4.78 is 1.20. The number of carbonyl (C=O) groups excluding carboxylic acids is 1. The van der Waals surface area contributed by atoms with Gasteiger partial charge in [-0.05, 0) is 25.0 Å². The Labute approximate surface area is 137 Å². The van der Waals surface area contributed by atoms with E-state index in [0.717, 1.165) is 12.0 Å². The van der Waals surface area contributed by atoms with E-state index in [0.29, 0.717) is 17.8 Å². The van der Waals surface area contributed by atoms with Gasteiger partial charge in [0.25, 0.3) is 11.3 Å². The van der Waals surface area contributed by atoms with Gasteiger partial charge in [0, 0.05) is 5.69 Å². The molecule has 0 unspecified atom stereocenters. The van der Waals surface area contributed by atoms with E-state index in [2.05, 4.69) is 25.7 Å². The largest absolute Gasteiger partial charge is 0.323 e. The van der Waals surface area contributed by atoms with Crippen LogP contribution in [0.5, 0.6) is 0 Å². The summed E-state index contributed by atoms with van der Waals surface area (Å²) in [6, 6.07) is 6.93. The molecule has 24 heavy (non-hydrogen) atoms. The Balaban J connectivity index is 1.92. The predicted molar refractivity (Wildman–Crippen MR) is 91.4 cm³/mol. The van der Waals surface area contributed by atoms with Crippen LogP contribution in [0.2, 0.25) is 0 Å². The molecule has 0 fully saturated rings. The van der Waals surface area contributed by atoms with Crippen molar-refractivity contribution in [1.29, 1.82) is 0 Å². The number of nitrogens with one attached hydrogen (secondary N) is 3. The Morgan fingerprint density at radius 3 is 2.83 bits per heavy atom. The van der Waals surface area contributed by atoms with Gasteiger partial charge < -0.3 is 10.6 Å². The molecule has 2 amide bonds. The highest BCUT2D eigenvalue weighted by Gasteiger charge is 2.16. The fourth-order valence-corrected chi connectivity index (χ4v) is 2.42. The third-order valence-electron chi connectivity index (χ3n) is 3.63. The van der Waals surface area contributed by atoms with Crippen molar-refractivity contribution in [3.05, 3.63) is 52.2 Å². The van der Waals surface area contributed by atoms with Gasteiger partial charge in [0.05, 0.1) is 5.69 Å². The minimum atomic E-state index is -0.486. The van der Waals surface area contributed by atoms with Crippen molar-refractivity contribution >= 4 is 23.2 Å². The standard InChI is InChI=1S/C16H18N6O2/c1-3-6-12-13(14(23)22-15(19-12)17-9-18-22)21-16(24)20-11-8-5-4-7-10(11)2/h4-5,7-9H,3,6H2,1-2H3,(H,17,18,19)(H2,20,21,24). The Morgan fingerprint density at radius 1 is 1.29 bits per heavy atom. The van der Waals surface area contributed by atoms with Gasteiger partial charge in [-0.1, -0.05) is 31.5 Å². The van der Waals surface area contributed by atoms with Crippen molar-refractivity contribution in [2.45, 2.75) is 26.7 Å². The highest BCUT2D eigenvalue weighted by molar-refractivity contribution is 6.00. The van der Waals surface area contributed by atoms with Gasteiger partial charge >= 0.3 is 6.03 Å². The summed E-state index contributed by atoms with van der Waals surface area (Å²) in [7, 11) is 0. The lowest BCUT2D eigenvalue weighted by atomic mass is 10.2. The second kappa shape index (κ2) is 6.53. The quantitative estimate of drug-likeness (QED) is 0.684. The van der Waals surface area contributed by atoms with Crippen molar-refractivity contribution in [3.63, 3.8) is 0 Å². The normalized spacial score (nSPS) is 10.8. The molecule has 0 aliphatic rings. The molecule has 0 saturated carbocycles. The molecule has 8 heteroatoms. The number of hydrogen-bond donors (Lipinski definition) is 3. The fourth-order valence-electron chi connectivity index (χ4n) is 2.42. The van der Waals surface area contributed by atoms with Gasteiger partial charge in [-0.3, -0.25) is 9.89 Å². The zero-order valence-electron chi connectivity index (χ0n) is 13.5. The zero-order valence-corrected chi connectivity index (χ0v) is 13.5. The second-order valence-electron chi connectivity index (χ2n) is 5.41. The van der Waals surface area contributed by atoms with E-state index in [9.17, 15) is 9.59 Å². The molecule has 0 spiro atoms. The maximum atomic E-state index is 12.5. The Kier molecular flexibility index (Phi) is 4.28. The minimum Gasteiger partial charge on any atom is -0.307 e. The average Bonchev–Trinajstić information content (AvgIpc) is 3.02. The molecule has 0 aliphatic carbocycles. The maximum absolute atomic E-state index is 12.5. The van der Waals surface area contributed by atoms with Crippen LogP contribution < -0.4 is 16.2 Å². The molecule has 124 valence electrons. The molecule has 3 N–H and O–H groups in total. The van der Waals surface area contributed by atoms with Crippen molar-refractivity contribution in [2.24, 2.45) is 0 Å². The molecular formula is C16H18N6O2. The molecule has 8 nitrogen and oxygen atoms in total. The molecule has 0 saturated heterocycles. The number of amides is 2. The van der Waals surface area contributed by atoms with E-state index in [1.54, 1.807) is 6.07 Å². The SMILES string of the molecule is CCCc1nc2nc[nH]n2c(=O)c1NC(=O)Nc1ccccc1C. The van der Waals surface area contributed by atoms with Gasteiger partial charge in [0.15, 0.2) is 0 Å². The van der Waals surface area contributed by atoms with Crippen LogP contribution in [0.4, 0.5) is 16.2 Å². The lowest BCUT2D eigenvalue weighted by Crippen LogP contribution is -2.28. The summed E-state index contributed by atoms with van der Waals surface area (Å²) in [6.07, 6.45) is 2.75. The van der Waals surface area contributed by atoms with Crippen LogP contribution in [0, 0.1) is 6.92 Å². The second-order valence-corrected chi connectivity index (χ2v) is 5.41. The Morgan fingerprint density at radius 2 is 2.08 bits per heavy atom. The maximum Gasteiger partial charge on any atom is 0.323 e. The highest BCUT2D eigenvalue weighted by atomic mass is 16.2. The van der Waals surface area contributed by atoms with Gasteiger partial charge in [-0.25, -0.2) is 14.8 Å². The fraction of sp³-hybridized carbons (Fsp3) is 0.250. The van der Waals surface area contributed by atoms with Gasteiger partial charge in [-0.2, -0.15) is 4.52 Å². The van der Waals surface area contributed by atoms with Crippen molar-refractivity contribution in [1.82, 2.24) is 19.6 Å². The number of carbonyl (C=O) groups is 1. The van der Waals surface area contributed by atoms with Crippen LogP contribution in [-0.2, 0) is 6.42 Å². The number of rotatable bonds is 4. The van der Waals surface area contributed by atoms with Crippen LogP contribution in [-0.4, -0.2) is 25.6 Å². The third-order valence-corrected chi connectivity index (χ3v) is 3.63. The van der Waals surface area contributed by atoms with Crippen LogP contribution >= 0.6 is 0 Å². The molecule has 0 radical (unpaired) electrons.